The van der Waals surface area contributed by atoms with Gasteiger partial charge in [0, 0.05) is 4.88 Å². The van der Waals surface area contributed by atoms with Gasteiger partial charge in [-0.1, -0.05) is 0 Å². The standard InChI is InChI=1S/C8H13NO2S/c1-5(11)8(9)6-2-3-12-7(6)4-10/h2-3,5,8,10-11H,4,9H2,1H3/t5-,8-/m0/s1. The summed E-state index contributed by atoms with van der Waals surface area (Å²) in [6, 6.07) is 1.45. The van der Waals surface area contributed by atoms with Gasteiger partial charge in [0.1, 0.15) is 0 Å². The van der Waals surface area contributed by atoms with Crippen LogP contribution in [0.5, 0.6) is 0 Å². The summed E-state index contributed by atoms with van der Waals surface area (Å²) >= 11 is 1.45. The average molecular weight is 187 g/mol. The average Bonchev–Trinajstić information content (AvgIpc) is 2.49. The molecule has 4 N–H and O–H groups in total. The van der Waals surface area contributed by atoms with E-state index in [0.717, 1.165) is 10.4 Å². The quantitative estimate of drug-likeness (QED) is 0.650. The fourth-order valence-corrected chi connectivity index (χ4v) is 1.83. The van der Waals surface area contributed by atoms with Crippen molar-refractivity contribution in [3.63, 3.8) is 0 Å². The Balaban J connectivity index is 2.86. The molecule has 0 aromatic carbocycles. The van der Waals surface area contributed by atoms with Crippen molar-refractivity contribution >= 4 is 11.3 Å². The molecule has 0 spiro atoms. The van der Waals surface area contributed by atoms with Crippen LogP contribution in [0.3, 0.4) is 0 Å². The third kappa shape index (κ3) is 1.84. The summed E-state index contributed by atoms with van der Waals surface area (Å²) in [5.74, 6) is 0. The monoisotopic (exact) mass is 187 g/mol. The molecule has 68 valence electrons. The Labute approximate surface area is 75.5 Å². The SMILES string of the molecule is C[C@H](O)[C@H](N)c1ccsc1CO. The van der Waals surface area contributed by atoms with Gasteiger partial charge in [-0.05, 0) is 23.9 Å². The van der Waals surface area contributed by atoms with Gasteiger partial charge in [-0.15, -0.1) is 11.3 Å². The summed E-state index contributed by atoms with van der Waals surface area (Å²) in [5, 5.41) is 20.0. The number of rotatable bonds is 3. The molecule has 1 aromatic rings. The molecule has 0 saturated carbocycles. The smallest absolute Gasteiger partial charge is 0.0777 e. The second-order valence-electron chi connectivity index (χ2n) is 2.72. The third-order valence-electron chi connectivity index (χ3n) is 1.80. The highest BCUT2D eigenvalue weighted by atomic mass is 32.1. The number of nitrogens with two attached hydrogens (primary N) is 1. The lowest BCUT2D eigenvalue weighted by atomic mass is 10.0. The molecule has 1 rings (SSSR count). The van der Waals surface area contributed by atoms with Gasteiger partial charge in [-0.2, -0.15) is 0 Å². The van der Waals surface area contributed by atoms with Gasteiger partial charge < -0.3 is 15.9 Å². The topological polar surface area (TPSA) is 66.5 Å². The van der Waals surface area contributed by atoms with Gasteiger partial charge in [0.2, 0.25) is 0 Å². The highest BCUT2D eigenvalue weighted by Gasteiger charge is 2.15. The zero-order valence-electron chi connectivity index (χ0n) is 6.90. The first-order valence-corrected chi connectivity index (χ1v) is 4.65. The molecule has 0 radical (unpaired) electrons. The summed E-state index contributed by atoms with van der Waals surface area (Å²) in [5.41, 5.74) is 6.55. The number of aliphatic hydroxyl groups excluding tert-OH is 2. The maximum atomic E-state index is 9.21. The van der Waals surface area contributed by atoms with Crippen LogP contribution in [-0.4, -0.2) is 16.3 Å². The minimum atomic E-state index is -0.579. The fourth-order valence-electron chi connectivity index (χ4n) is 1.04. The molecular formula is C8H13NO2S. The molecule has 0 amide bonds. The molecule has 1 aromatic heterocycles. The van der Waals surface area contributed by atoms with E-state index in [1.54, 1.807) is 6.92 Å². The summed E-state index contributed by atoms with van der Waals surface area (Å²) in [7, 11) is 0. The van der Waals surface area contributed by atoms with E-state index in [9.17, 15) is 5.11 Å². The number of aliphatic hydroxyl groups is 2. The summed E-state index contributed by atoms with van der Waals surface area (Å²) in [6.07, 6.45) is -0.579. The van der Waals surface area contributed by atoms with Crippen LogP contribution in [0.2, 0.25) is 0 Å². The highest BCUT2D eigenvalue weighted by Crippen LogP contribution is 2.23. The van der Waals surface area contributed by atoms with E-state index in [4.69, 9.17) is 10.8 Å². The van der Waals surface area contributed by atoms with E-state index in [0.29, 0.717) is 0 Å². The molecule has 0 saturated heterocycles. The van der Waals surface area contributed by atoms with Gasteiger partial charge in [-0.3, -0.25) is 0 Å². The maximum Gasteiger partial charge on any atom is 0.0777 e. The molecule has 2 atom stereocenters. The van der Waals surface area contributed by atoms with Crippen LogP contribution in [0.15, 0.2) is 11.4 Å². The lowest BCUT2D eigenvalue weighted by Crippen LogP contribution is -2.23. The molecule has 0 aliphatic heterocycles. The van der Waals surface area contributed by atoms with Crippen LogP contribution in [0.1, 0.15) is 23.4 Å². The first-order valence-electron chi connectivity index (χ1n) is 3.77. The van der Waals surface area contributed by atoms with E-state index in [1.807, 2.05) is 11.4 Å². The van der Waals surface area contributed by atoms with Crippen LogP contribution >= 0.6 is 11.3 Å². The van der Waals surface area contributed by atoms with Gasteiger partial charge in [-0.25, -0.2) is 0 Å². The van der Waals surface area contributed by atoms with E-state index in [1.165, 1.54) is 11.3 Å². The Hall–Kier alpha value is -0.420. The molecule has 1 heterocycles. The van der Waals surface area contributed by atoms with Crippen molar-refractivity contribution in [1.82, 2.24) is 0 Å². The predicted molar refractivity (Wildman–Crippen MR) is 48.9 cm³/mol. The van der Waals surface area contributed by atoms with Gasteiger partial charge in [0.15, 0.2) is 0 Å². The summed E-state index contributed by atoms with van der Waals surface area (Å²) < 4.78 is 0. The van der Waals surface area contributed by atoms with Gasteiger partial charge in [0.05, 0.1) is 18.8 Å². The molecule has 0 fully saturated rings. The van der Waals surface area contributed by atoms with E-state index in [2.05, 4.69) is 0 Å². The van der Waals surface area contributed by atoms with Crippen LogP contribution in [0.25, 0.3) is 0 Å². The summed E-state index contributed by atoms with van der Waals surface area (Å²) in [6.45, 7) is 1.64. The van der Waals surface area contributed by atoms with Crippen molar-refractivity contribution in [1.29, 1.82) is 0 Å². The first kappa shape index (κ1) is 9.67. The zero-order chi connectivity index (χ0) is 9.14. The number of hydrogen-bond donors (Lipinski definition) is 3. The van der Waals surface area contributed by atoms with E-state index >= 15 is 0 Å². The molecular weight excluding hydrogens is 174 g/mol. The molecule has 0 aliphatic rings. The van der Waals surface area contributed by atoms with Crippen LogP contribution in [-0.2, 0) is 6.61 Å². The van der Waals surface area contributed by atoms with Crippen LogP contribution in [0, 0.1) is 0 Å². The van der Waals surface area contributed by atoms with Crippen molar-refractivity contribution in [3.05, 3.63) is 21.9 Å². The molecule has 0 unspecified atom stereocenters. The van der Waals surface area contributed by atoms with Crippen molar-refractivity contribution in [2.45, 2.75) is 25.7 Å². The summed E-state index contributed by atoms with van der Waals surface area (Å²) in [4.78, 5) is 0.836. The molecule has 0 aliphatic carbocycles. The Bertz CT molecular complexity index is 247. The molecule has 12 heavy (non-hydrogen) atoms. The Kier molecular flexibility index (Phi) is 3.22. The van der Waals surface area contributed by atoms with E-state index in [-0.39, 0.29) is 6.61 Å². The normalized spacial score (nSPS) is 16.0. The largest absolute Gasteiger partial charge is 0.391 e. The number of thiophene rings is 1. The fraction of sp³-hybridized carbons (Fsp3) is 0.500. The van der Waals surface area contributed by atoms with Crippen LogP contribution < -0.4 is 5.73 Å². The minimum absolute atomic E-state index is 0.00653. The first-order chi connectivity index (χ1) is 5.66. The predicted octanol–water partition coefficient (Wildman–Crippen LogP) is 0.621. The Morgan fingerprint density at radius 2 is 2.33 bits per heavy atom. The third-order valence-corrected chi connectivity index (χ3v) is 2.72. The van der Waals surface area contributed by atoms with Crippen molar-refractivity contribution < 1.29 is 10.2 Å². The van der Waals surface area contributed by atoms with Gasteiger partial charge >= 0.3 is 0 Å². The van der Waals surface area contributed by atoms with Crippen molar-refractivity contribution in [3.8, 4) is 0 Å². The molecule has 3 nitrogen and oxygen atoms in total. The second-order valence-corrected chi connectivity index (χ2v) is 3.72. The second kappa shape index (κ2) is 4.00. The lowest BCUT2D eigenvalue weighted by molar-refractivity contribution is 0.163. The van der Waals surface area contributed by atoms with Crippen molar-refractivity contribution in [2.24, 2.45) is 5.73 Å². The Morgan fingerprint density at radius 3 is 2.83 bits per heavy atom. The zero-order valence-corrected chi connectivity index (χ0v) is 7.71. The molecule has 0 bridgehead atoms. The van der Waals surface area contributed by atoms with Crippen molar-refractivity contribution in [2.75, 3.05) is 0 Å². The Morgan fingerprint density at radius 1 is 1.67 bits per heavy atom. The molecule has 4 heteroatoms. The number of hydrogen-bond acceptors (Lipinski definition) is 4. The minimum Gasteiger partial charge on any atom is -0.391 e. The lowest BCUT2D eigenvalue weighted by Gasteiger charge is -2.14. The maximum absolute atomic E-state index is 9.21. The van der Waals surface area contributed by atoms with E-state index < -0.39 is 12.1 Å². The van der Waals surface area contributed by atoms with Gasteiger partial charge in [0.25, 0.3) is 0 Å². The van der Waals surface area contributed by atoms with Crippen LogP contribution in [0.4, 0.5) is 0 Å². The highest BCUT2D eigenvalue weighted by molar-refractivity contribution is 7.10.